The van der Waals surface area contributed by atoms with Gasteiger partial charge in [-0.05, 0) is 25.0 Å². The second kappa shape index (κ2) is 5.27. The van der Waals surface area contributed by atoms with Crippen LogP contribution in [0.5, 0.6) is 5.75 Å². The highest BCUT2D eigenvalue weighted by Crippen LogP contribution is 2.41. The summed E-state index contributed by atoms with van der Waals surface area (Å²) in [4.78, 5) is 0. The van der Waals surface area contributed by atoms with Gasteiger partial charge < -0.3 is 4.74 Å². The van der Waals surface area contributed by atoms with Crippen LogP contribution in [-0.4, -0.2) is 32.9 Å². The molecule has 0 atom stereocenters. The molecule has 0 spiro atoms. The fraction of sp³-hybridized carbons (Fsp3) is 0.500. The molecule has 0 unspecified atom stereocenters. The van der Waals surface area contributed by atoms with Crippen molar-refractivity contribution in [1.29, 1.82) is 0 Å². The Bertz CT molecular complexity index is 599. The number of alkyl halides is 1. The fourth-order valence-electron chi connectivity index (χ4n) is 2.40. The van der Waals surface area contributed by atoms with E-state index in [4.69, 9.17) is 9.88 Å². The Labute approximate surface area is 116 Å². The zero-order chi connectivity index (χ0) is 15.0. The molecule has 0 amide bonds. The van der Waals surface area contributed by atoms with Crippen molar-refractivity contribution in [3.05, 3.63) is 29.6 Å². The molecule has 1 aromatic carbocycles. The number of rotatable bonds is 3. The molecular formula is C12H16F2N2O3S. The molecule has 0 aromatic heterocycles. The molecule has 112 valence electrons. The lowest BCUT2D eigenvalue weighted by molar-refractivity contribution is 0.0840. The molecule has 1 heterocycles. The molecule has 8 heteroatoms. The highest BCUT2D eigenvalue weighted by molar-refractivity contribution is 7.86. The van der Waals surface area contributed by atoms with Crippen LogP contribution in [0, 0.1) is 5.82 Å². The van der Waals surface area contributed by atoms with Crippen LogP contribution < -0.4 is 9.88 Å². The van der Waals surface area contributed by atoms with Gasteiger partial charge in [0.15, 0.2) is 0 Å². The zero-order valence-corrected chi connectivity index (χ0v) is 11.8. The van der Waals surface area contributed by atoms with Gasteiger partial charge in [0.2, 0.25) is 0 Å². The molecular weight excluding hydrogens is 290 g/mol. The summed E-state index contributed by atoms with van der Waals surface area (Å²) in [5, 5.41) is 5.01. The van der Waals surface area contributed by atoms with Gasteiger partial charge in [0.05, 0.1) is 7.11 Å². The SMILES string of the molecule is COc1cc(F)ccc1C1(F)CCN(S(N)(=O)=O)CC1. The molecule has 1 fully saturated rings. The molecule has 0 radical (unpaired) electrons. The fourth-order valence-corrected chi connectivity index (χ4v) is 3.09. The quantitative estimate of drug-likeness (QED) is 0.915. The van der Waals surface area contributed by atoms with Crippen LogP contribution in [0.25, 0.3) is 0 Å². The van der Waals surface area contributed by atoms with Gasteiger partial charge in [-0.1, -0.05) is 0 Å². The van der Waals surface area contributed by atoms with Crippen molar-refractivity contribution < 1.29 is 21.9 Å². The zero-order valence-electron chi connectivity index (χ0n) is 11.0. The summed E-state index contributed by atoms with van der Waals surface area (Å²) in [6.07, 6.45) is -0.100. The first-order chi connectivity index (χ1) is 9.26. The van der Waals surface area contributed by atoms with Crippen molar-refractivity contribution in [1.82, 2.24) is 4.31 Å². The maximum absolute atomic E-state index is 15.0. The van der Waals surface area contributed by atoms with Crippen LogP contribution in [-0.2, 0) is 15.9 Å². The molecule has 1 aromatic rings. The van der Waals surface area contributed by atoms with Crippen molar-refractivity contribution in [2.24, 2.45) is 5.14 Å². The largest absolute Gasteiger partial charge is 0.496 e. The number of piperidine rings is 1. The summed E-state index contributed by atoms with van der Waals surface area (Å²) < 4.78 is 56.6. The third-order valence-electron chi connectivity index (χ3n) is 3.52. The summed E-state index contributed by atoms with van der Waals surface area (Å²) in [6, 6.07) is 3.61. The van der Waals surface area contributed by atoms with Crippen LogP contribution in [0.4, 0.5) is 8.78 Å². The molecule has 1 aliphatic heterocycles. The van der Waals surface area contributed by atoms with E-state index in [9.17, 15) is 17.2 Å². The predicted octanol–water partition coefficient (Wildman–Crippen LogP) is 1.30. The number of benzene rings is 1. The lowest BCUT2D eigenvalue weighted by Crippen LogP contribution is -2.46. The van der Waals surface area contributed by atoms with E-state index in [1.165, 1.54) is 13.2 Å². The van der Waals surface area contributed by atoms with E-state index < -0.39 is 21.7 Å². The van der Waals surface area contributed by atoms with E-state index in [2.05, 4.69) is 0 Å². The van der Waals surface area contributed by atoms with Crippen molar-refractivity contribution in [3.63, 3.8) is 0 Å². The Hall–Kier alpha value is -1.25. The molecule has 2 N–H and O–H groups in total. The number of nitrogens with zero attached hydrogens (tertiary/aromatic N) is 1. The number of nitrogens with two attached hydrogens (primary N) is 1. The summed E-state index contributed by atoms with van der Waals surface area (Å²) in [6.45, 7) is -0.0360. The second-order valence-corrected chi connectivity index (χ2v) is 6.30. The normalized spacial score (nSPS) is 19.8. The van der Waals surface area contributed by atoms with Gasteiger partial charge in [-0.15, -0.1) is 0 Å². The van der Waals surface area contributed by atoms with E-state index >= 15 is 0 Å². The average molecular weight is 306 g/mol. The molecule has 0 bridgehead atoms. The van der Waals surface area contributed by atoms with Gasteiger partial charge >= 0.3 is 0 Å². The molecule has 0 aliphatic carbocycles. The summed E-state index contributed by atoms with van der Waals surface area (Å²) >= 11 is 0. The smallest absolute Gasteiger partial charge is 0.276 e. The van der Waals surface area contributed by atoms with Crippen molar-refractivity contribution >= 4 is 10.2 Å². The Kier molecular flexibility index (Phi) is 3.99. The topological polar surface area (TPSA) is 72.6 Å². The molecule has 20 heavy (non-hydrogen) atoms. The minimum Gasteiger partial charge on any atom is -0.496 e. The number of hydrogen-bond donors (Lipinski definition) is 1. The van der Waals surface area contributed by atoms with Gasteiger partial charge in [-0.25, -0.2) is 13.9 Å². The predicted molar refractivity (Wildman–Crippen MR) is 69.7 cm³/mol. The van der Waals surface area contributed by atoms with Crippen LogP contribution in [0.3, 0.4) is 0 Å². The van der Waals surface area contributed by atoms with E-state index in [0.29, 0.717) is 0 Å². The van der Waals surface area contributed by atoms with Gasteiger partial charge in [0, 0.05) is 24.7 Å². The maximum atomic E-state index is 15.0. The van der Waals surface area contributed by atoms with Crippen LogP contribution in [0.15, 0.2) is 18.2 Å². The van der Waals surface area contributed by atoms with E-state index in [1.54, 1.807) is 0 Å². The number of halogens is 2. The minimum atomic E-state index is -3.81. The van der Waals surface area contributed by atoms with Gasteiger partial charge in [-0.2, -0.15) is 12.7 Å². The summed E-state index contributed by atoms with van der Waals surface area (Å²) in [7, 11) is -2.47. The molecule has 1 saturated heterocycles. The first-order valence-corrected chi connectivity index (χ1v) is 7.57. The number of ether oxygens (including phenoxy) is 1. The highest BCUT2D eigenvalue weighted by Gasteiger charge is 2.40. The van der Waals surface area contributed by atoms with Crippen LogP contribution in [0.2, 0.25) is 0 Å². The van der Waals surface area contributed by atoms with Crippen LogP contribution >= 0.6 is 0 Å². The van der Waals surface area contributed by atoms with Crippen molar-refractivity contribution in [2.45, 2.75) is 18.5 Å². The third kappa shape index (κ3) is 2.92. The standard InChI is InChI=1S/C12H16F2N2O3S/c1-19-11-8-9(13)2-3-10(11)12(14)4-6-16(7-5-12)20(15,17)18/h2-3,8H,4-7H2,1H3,(H2,15,17,18). The van der Waals surface area contributed by atoms with E-state index in [-0.39, 0.29) is 37.2 Å². The number of methoxy groups -OCH3 is 1. The minimum absolute atomic E-state index is 0.0180. The van der Waals surface area contributed by atoms with Gasteiger partial charge in [0.1, 0.15) is 17.2 Å². The Morgan fingerprint density at radius 1 is 1.35 bits per heavy atom. The second-order valence-electron chi connectivity index (χ2n) is 4.75. The maximum Gasteiger partial charge on any atom is 0.276 e. The lowest BCUT2D eigenvalue weighted by Gasteiger charge is -2.35. The Morgan fingerprint density at radius 2 is 1.95 bits per heavy atom. The summed E-state index contributed by atoms with van der Waals surface area (Å²) in [5.41, 5.74) is -1.52. The first kappa shape index (κ1) is 15.1. The van der Waals surface area contributed by atoms with Crippen LogP contribution in [0.1, 0.15) is 18.4 Å². The molecule has 1 aliphatic rings. The monoisotopic (exact) mass is 306 g/mol. The third-order valence-corrected chi connectivity index (χ3v) is 4.61. The molecule has 0 saturated carbocycles. The van der Waals surface area contributed by atoms with Gasteiger partial charge in [0.25, 0.3) is 10.2 Å². The van der Waals surface area contributed by atoms with E-state index in [1.807, 2.05) is 0 Å². The first-order valence-electron chi connectivity index (χ1n) is 6.07. The Morgan fingerprint density at radius 3 is 2.45 bits per heavy atom. The highest BCUT2D eigenvalue weighted by atomic mass is 32.2. The lowest BCUT2D eigenvalue weighted by atomic mass is 9.86. The number of hydrogen-bond acceptors (Lipinski definition) is 3. The van der Waals surface area contributed by atoms with E-state index in [0.717, 1.165) is 16.4 Å². The van der Waals surface area contributed by atoms with Gasteiger partial charge in [-0.3, -0.25) is 0 Å². The van der Waals surface area contributed by atoms with Crippen molar-refractivity contribution in [3.8, 4) is 5.75 Å². The molecule has 2 rings (SSSR count). The van der Waals surface area contributed by atoms with Crippen molar-refractivity contribution in [2.75, 3.05) is 20.2 Å². The Balaban J connectivity index is 2.26. The average Bonchev–Trinajstić information content (AvgIpc) is 2.37. The molecule has 5 nitrogen and oxygen atoms in total. The summed E-state index contributed by atoms with van der Waals surface area (Å²) in [5.74, 6) is -0.396.